The van der Waals surface area contributed by atoms with E-state index in [9.17, 15) is 18.0 Å². The quantitative estimate of drug-likeness (QED) is 0.325. The molecule has 2 amide bonds. The fourth-order valence-electron chi connectivity index (χ4n) is 4.18. The monoisotopic (exact) mass is 535 g/mol. The molecule has 0 saturated carbocycles. The van der Waals surface area contributed by atoms with Gasteiger partial charge in [-0.05, 0) is 56.0 Å². The number of carbonyl (C=O) groups excluding carboxylic acids is 2. The lowest BCUT2D eigenvalue weighted by molar-refractivity contribution is -0.138. The Labute approximate surface area is 226 Å². The molecule has 1 atom stereocenters. The van der Waals surface area contributed by atoms with E-state index in [1.54, 1.807) is 37.3 Å². The molecule has 0 aliphatic rings. The number of sulfonamides is 1. The van der Waals surface area contributed by atoms with E-state index < -0.39 is 28.5 Å². The van der Waals surface area contributed by atoms with Crippen molar-refractivity contribution < 1.29 is 18.0 Å². The number of aryl methyl sites for hydroxylation is 1. The molecule has 3 aromatic rings. The van der Waals surface area contributed by atoms with E-state index in [0.29, 0.717) is 18.7 Å². The molecule has 0 saturated heterocycles. The third-order valence-electron chi connectivity index (χ3n) is 6.48. The Bertz CT molecular complexity index is 1300. The molecule has 0 aliphatic carbocycles. The number of amides is 2. The van der Waals surface area contributed by atoms with Gasteiger partial charge in [-0.2, -0.15) is 0 Å². The summed E-state index contributed by atoms with van der Waals surface area (Å²) in [4.78, 5) is 28.4. The largest absolute Gasteiger partial charge is 0.354 e. The number of para-hydroxylation sites is 1. The summed E-state index contributed by atoms with van der Waals surface area (Å²) in [6.07, 6.45) is 2.32. The van der Waals surface area contributed by atoms with Crippen LogP contribution in [0.2, 0.25) is 0 Å². The minimum Gasteiger partial charge on any atom is -0.354 e. The number of rotatable bonds is 13. The first-order valence-electron chi connectivity index (χ1n) is 13.0. The molecular weight excluding hydrogens is 498 g/mol. The average molecular weight is 536 g/mol. The molecular formula is C30H37N3O4S. The molecule has 0 heterocycles. The van der Waals surface area contributed by atoms with E-state index in [-0.39, 0.29) is 17.3 Å². The molecule has 3 rings (SSSR count). The van der Waals surface area contributed by atoms with E-state index in [1.165, 1.54) is 17.0 Å². The van der Waals surface area contributed by atoms with Gasteiger partial charge in [0.2, 0.25) is 11.8 Å². The lowest BCUT2D eigenvalue weighted by atomic mass is 10.1. The molecule has 0 aromatic heterocycles. The van der Waals surface area contributed by atoms with Crippen molar-refractivity contribution in [2.75, 3.05) is 23.9 Å². The number of carbonyl (C=O) groups is 2. The first-order valence-corrected chi connectivity index (χ1v) is 14.4. The van der Waals surface area contributed by atoms with Crippen LogP contribution in [0.3, 0.4) is 0 Å². The molecule has 202 valence electrons. The Morgan fingerprint density at radius 2 is 1.50 bits per heavy atom. The second-order valence-electron chi connectivity index (χ2n) is 9.25. The molecule has 0 fully saturated rings. The zero-order valence-electron chi connectivity index (χ0n) is 22.3. The van der Waals surface area contributed by atoms with Crippen molar-refractivity contribution in [1.82, 2.24) is 10.2 Å². The molecule has 0 aliphatic heterocycles. The number of hydrogen-bond acceptors (Lipinski definition) is 4. The summed E-state index contributed by atoms with van der Waals surface area (Å²) in [7, 11) is -4.05. The van der Waals surface area contributed by atoms with Crippen LogP contribution in [0.4, 0.5) is 5.69 Å². The minimum atomic E-state index is -4.05. The van der Waals surface area contributed by atoms with Crippen molar-refractivity contribution in [1.29, 1.82) is 0 Å². The number of unbranched alkanes of at least 4 members (excludes halogenated alkanes) is 1. The highest BCUT2D eigenvalue weighted by molar-refractivity contribution is 7.92. The standard InChI is InChI=1S/C30H37N3O4S/c1-4-5-21-31-30(35)25(3)32(22-20-26-15-8-6-9-16-26)29(34)23-33(28-19-13-12-14-24(28)2)38(36,37)27-17-10-7-11-18-27/h6-19,25H,4-5,20-23H2,1-3H3,(H,31,35). The Morgan fingerprint density at radius 1 is 0.895 bits per heavy atom. The molecule has 0 spiro atoms. The maximum Gasteiger partial charge on any atom is 0.264 e. The summed E-state index contributed by atoms with van der Waals surface area (Å²) >= 11 is 0. The minimum absolute atomic E-state index is 0.0947. The van der Waals surface area contributed by atoms with Gasteiger partial charge in [0.25, 0.3) is 10.0 Å². The van der Waals surface area contributed by atoms with Crippen LogP contribution in [0, 0.1) is 6.92 Å². The normalized spacial score (nSPS) is 12.0. The van der Waals surface area contributed by atoms with Crippen LogP contribution in [0.15, 0.2) is 89.8 Å². The third-order valence-corrected chi connectivity index (χ3v) is 8.25. The second-order valence-corrected chi connectivity index (χ2v) is 11.1. The van der Waals surface area contributed by atoms with Gasteiger partial charge in [0.1, 0.15) is 12.6 Å². The lowest BCUT2D eigenvalue weighted by Crippen LogP contribution is -2.52. The van der Waals surface area contributed by atoms with Gasteiger partial charge in [0, 0.05) is 13.1 Å². The highest BCUT2D eigenvalue weighted by Crippen LogP contribution is 2.27. The molecule has 38 heavy (non-hydrogen) atoms. The molecule has 1 N–H and O–H groups in total. The summed E-state index contributed by atoms with van der Waals surface area (Å²) in [5, 5.41) is 2.90. The Balaban J connectivity index is 1.94. The van der Waals surface area contributed by atoms with Crippen molar-refractivity contribution in [3.8, 4) is 0 Å². The Hall–Kier alpha value is -3.65. The Kier molecular flexibility index (Phi) is 10.5. The van der Waals surface area contributed by atoms with Crippen LogP contribution < -0.4 is 9.62 Å². The van der Waals surface area contributed by atoms with Crippen LogP contribution in [0.5, 0.6) is 0 Å². The number of nitrogens with one attached hydrogen (secondary N) is 1. The van der Waals surface area contributed by atoms with Crippen molar-refractivity contribution in [2.45, 2.75) is 51.0 Å². The summed E-state index contributed by atoms with van der Waals surface area (Å²) < 4.78 is 28.7. The molecule has 3 aromatic carbocycles. The second kappa shape index (κ2) is 13.8. The lowest BCUT2D eigenvalue weighted by Gasteiger charge is -2.32. The summed E-state index contributed by atoms with van der Waals surface area (Å²) in [5.41, 5.74) is 2.17. The third kappa shape index (κ3) is 7.44. The highest BCUT2D eigenvalue weighted by Gasteiger charge is 2.32. The maximum absolute atomic E-state index is 13.9. The molecule has 1 unspecified atom stereocenters. The van der Waals surface area contributed by atoms with Crippen LogP contribution in [-0.4, -0.2) is 50.8 Å². The van der Waals surface area contributed by atoms with Gasteiger partial charge in [0.15, 0.2) is 0 Å². The fourth-order valence-corrected chi connectivity index (χ4v) is 5.68. The first-order chi connectivity index (χ1) is 18.3. The van der Waals surface area contributed by atoms with Crippen molar-refractivity contribution in [2.24, 2.45) is 0 Å². The van der Waals surface area contributed by atoms with Crippen LogP contribution in [-0.2, 0) is 26.0 Å². The molecule has 7 nitrogen and oxygen atoms in total. The van der Waals surface area contributed by atoms with E-state index >= 15 is 0 Å². The van der Waals surface area contributed by atoms with Crippen LogP contribution in [0.1, 0.15) is 37.8 Å². The van der Waals surface area contributed by atoms with Crippen molar-refractivity contribution in [3.05, 3.63) is 96.1 Å². The van der Waals surface area contributed by atoms with Gasteiger partial charge in [0.05, 0.1) is 10.6 Å². The molecule has 0 bridgehead atoms. The van der Waals surface area contributed by atoms with Gasteiger partial charge < -0.3 is 10.2 Å². The van der Waals surface area contributed by atoms with E-state index in [1.807, 2.05) is 56.3 Å². The smallest absolute Gasteiger partial charge is 0.264 e. The van der Waals surface area contributed by atoms with Crippen molar-refractivity contribution in [3.63, 3.8) is 0 Å². The van der Waals surface area contributed by atoms with Gasteiger partial charge in [-0.3, -0.25) is 13.9 Å². The van der Waals surface area contributed by atoms with Crippen molar-refractivity contribution >= 4 is 27.5 Å². The highest BCUT2D eigenvalue weighted by atomic mass is 32.2. The summed E-state index contributed by atoms with van der Waals surface area (Å²) in [6, 6.07) is 24.1. The average Bonchev–Trinajstić information content (AvgIpc) is 2.93. The van der Waals surface area contributed by atoms with E-state index in [0.717, 1.165) is 28.3 Å². The predicted octanol–water partition coefficient (Wildman–Crippen LogP) is 4.57. The zero-order valence-corrected chi connectivity index (χ0v) is 23.2. The zero-order chi connectivity index (χ0) is 27.5. The van der Waals surface area contributed by atoms with E-state index in [4.69, 9.17) is 0 Å². The van der Waals surface area contributed by atoms with Crippen LogP contribution >= 0.6 is 0 Å². The number of nitrogens with zero attached hydrogens (tertiary/aromatic N) is 2. The maximum atomic E-state index is 13.9. The fraction of sp³-hybridized carbons (Fsp3) is 0.333. The molecule has 8 heteroatoms. The topological polar surface area (TPSA) is 86.8 Å². The Morgan fingerprint density at radius 3 is 2.13 bits per heavy atom. The number of anilines is 1. The van der Waals surface area contributed by atoms with Crippen LogP contribution in [0.25, 0.3) is 0 Å². The van der Waals surface area contributed by atoms with Gasteiger partial charge in [-0.1, -0.05) is 80.1 Å². The van der Waals surface area contributed by atoms with Gasteiger partial charge >= 0.3 is 0 Å². The predicted molar refractivity (Wildman–Crippen MR) is 151 cm³/mol. The SMILES string of the molecule is CCCCNC(=O)C(C)N(CCc1ccccc1)C(=O)CN(c1ccccc1C)S(=O)(=O)c1ccccc1. The van der Waals surface area contributed by atoms with Gasteiger partial charge in [-0.15, -0.1) is 0 Å². The summed E-state index contributed by atoms with van der Waals surface area (Å²) in [6.45, 7) is 5.91. The van der Waals surface area contributed by atoms with E-state index in [2.05, 4.69) is 5.32 Å². The summed E-state index contributed by atoms with van der Waals surface area (Å²) in [5.74, 6) is -0.699. The first kappa shape index (κ1) is 28.9. The number of benzene rings is 3. The molecule has 0 radical (unpaired) electrons. The van der Waals surface area contributed by atoms with Gasteiger partial charge in [-0.25, -0.2) is 8.42 Å². The number of hydrogen-bond donors (Lipinski definition) is 1.